The van der Waals surface area contributed by atoms with E-state index < -0.39 is 30.6 Å². The van der Waals surface area contributed by atoms with Gasteiger partial charge < -0.3 is 24.6 Å². The lowest BCUT2D eigenvalue weighted by Gasteiger charge is -2.41. The Kier molecular flexibility index (Phi) is 6.92. The van der Waals surface area contributed by atoms with E-state index in [4.69, 9.17) is 16.3 Å². The predicted octanol–water partition coefficient (Wildman–Crippen LogP) is 4.69. The Morgan fingerprint density at radius 1 is 0.875 bits per heavy atom. The van der Waals surface area contributed by atoms with E-state index in [1.54, 1.807) is 4.68 Å². The Hall–Kier alpha value is -2.75. The van der Waals surface area contributed by atoms with E-state index in [1.165, 1.54) is 36.8 Å². The molecule has 210 valence electrons. The van der Waals surface area contributed by atoms with Crippen molar-refractivity contribution >= 4 is 22.5 Å². The van der Waals surface area contributed by atoms with Crippen LogP contribution in [-0.2, 0) is 17.7 Å². The lowest BCUT2D eigenvalue weighted by Crippen LogP contribution is -2.56. The van der Waals surface area contributed by atoms with E-state index in [1.807, 2.05) is 35.2 Å². The van der Waals surface area contributed by atoms with Crippen molar-refractivity contribution in [1.82, 2.24) is 19.6 Å². The van der Waals surface area contributed by atoms with Gasteiger partial charge in [0.15, 0.2) is 6.23 Å². The van der Waals surface area contributed by atoms with E-state index >= 15 is 0 Å². The zero-order valence-corrected chi connectivity index (χ0v) is 23.1. The SMILES string of the molecule is O[C@@H]1[C@@H](O)[C@H](n2cc(Cc3ccc(C4CC4)cc3)c3c(Cl)cccc32)O[C@H](Cn2cc(C3CCCC3)nn2)[C@H]1O. The Labute approximate surface area is 238 Å². The highest BCUT2D eigenvalue weighted by molar-refractivity contribution is 6.35. The summed E-state index contributed by atoms with van der Waals surface area (Å²) in [6, 6.07) is 14.4. The van der Waals surface area contributed by atoms with Gasteiger partial charge in [-0.25, -0.2) is 4.68 Å². The molecule has 2 saturated carbocycles. The van der Waals surface area contributed by atoms with Gasteiger partial charge in [0.05, 0.1) is 22.8 Å². The van der Waals surface area contributed by atoms with Gasteiger partial charge in [0.2, 0.25) is 0 Å². The molecule has 0 unspecified atom stereocenters. The van der Waals surface area contributed by atoms with Gasteiger partial charge in [-0.3, -0.25) is 0 Å². The molecule has 3 aliphatic rings. The maximum absolute atomic E-state index is 11.1. The Bertz CT molecular complexity index is 1490. The van der Waals surface area contributed by atoms with Crippen LogP contribution in [0.1, 0.15) is 79.0 Å². The van der Waals surface area contributed by atoms with Crippen LogP contribution in [-0.4, -0.2) is 59.3 Å². The topological polar surface area (TPSA) is 106 Å². The Balaban J connectivity index is 1.18. The number of hydrogen-bond acceptors (Lipinski definition) is 6. The summed E-state index contributed by atoms with van der Waals surface area (Å²) in [4.78, 5) is 0. The van der Waals surface area contributed by atoms with Crippen molar-refractivity contribution < 1.29 is 20.1 Å². The van der Waals surface area contributed by atoms with Gasteiger partial charge in [0.25, 0.3) is 0 Å². The second-order valence-electron chi connectivity index (χ2n) is 11.8. The van der Waals surface area contributed by atoms with Gasteiger partial charge >= 0.3 is 0 Å². The first-order valence-electron chi connectivity index (χ1n) is 14.4. The van der Waals surface area contributed by atoms with Crippen LogP contribution < -0.4 is 0 Å². The molecule has 0 amide bonds. The summed E-state index contributed by atoms with van der Waals surface area (Å²) in [7, 11) is 0. The van der Waals surface area contributed by atoms with Gasteiger partial charge in [0, 0.05) is 23.7 Å². The number of ether oxygens (including phenoxy) is 1. The van der Waals surface area contributed by atoms with Crippen LogP contribution in [0.2, 0.25) is 5.02 Å². The summed E-state index contributed by atoms with van der Waals surface area (Å²) in [5.41, 5.74) is 5.33. The van der Waals surface area contributed by atoms with Crippen molar-refractivity contribution in [2.45, 2.75) is 94.0 Å². The summed E-state index contributed by atoms with van der Waals surface area (Å²) in [6.07, 6.45) is 5.99. The van der Waals surface area contributed by atoms with Gasteiger partial charge in [-0.1, -0.05) is 60.0 Å². The number of rotatable bonds is 7. The van der Waals surface area contributed by atoms with Crippen molar-refractivity contribution in [3.63, 3.8) is 0 Å². The molecule has 2 aromatic carbocycles. The lowest BCUT2D eigenvalue weighted by atomic mass is 9.97. The number of nitrogens with zero attached hydrogens (tertiary/aromatic N) is 4. The van der Waals surface area contributed by atoms with Crippen molar-refractivity contribution in [2.24, 2.45) is 0 Å². The summed E-state index contributed by atoms with van der Waals surface area (Å²) in [5, 5.41) is 43.0. The van der Waals surface area contributed by atoms with Gasteiger partial charge in [-0.2, -0.15) is 0 Å². The number of halogens is 1. The molecule has 3 heterocycles. The maximum Gasteiger partial charge on any atom is 0.163 e. The number of benzene rings is 2. The molecule has 9 heteroatoms. The highest BCUT2D eigenvalue weighted by Crippen LogP contribution is 2.41. The molecule has 4 aromatic rings. The Morgan fingerprint density at radius 2 is 1.65 bits per heavy atom. The summed E-state index contributed by atoms with van der Waals surface area (Å²) in [5.74, 6) is 1.13. The molecule has 40 heavy (non-hydrogen) atoms. The van der Waals surface area contributed by atoms with E-state index in [0.29, 0.717) is 23.3 Å². The van der Waals surface area contributed by atoms with Crippen LogP contribution in [0.3, 0.4) is 0 Å². The fraction of sp³-hybridized carbons (Fsp3) is 0.484. The quantitative estimate of drug-likeness (QED) is 0.302. The van der Waals surface area contributed by atoms with E-state index in [2.05, 4.69) is 34.6 Å². The fourth-order valence-electron chi connectivity index (χ4n) is 6.54. The minimum absolute atomic E-state index is 0.210. The summed E-state index contributed by atoms with van der Waals surface area (Å²) < 4.78 is 9.85. The van der Waals surface area contributed by atoms with Crippen LogP contribution in [0.15, 0.2) is 54.9 Å². The molecule has 0 radical (unpaired) electrons. The average Bonchev–Trinajstić information content (AvgIpc) is 3.31. The molecule has 2 aromatic heterocycles. The van der Waals surface area contributed by atoms with Crippen molar-refractivity contribution in [2.75, 3.05) is 0 Å². The molecule has 1 saturated heterocycles. The molecule has 0 spiro atoms. The summed E-state index contributed by atoms with van der Waals surface area (Å²) in [6.45, 7) is 0.210. The minimum atomic E-state index is -1.39. The van der Waals surface area contributed by atoms with E-state index in [-0.39, 0.29) is 6.54 Å². The highest BCUT2D eigenvalue weighted by Gasteiger charge is 2.45. The normalized spacial score (nSPS) is 27.6. The number of hydrogen-bond donors (Lipinski definition) is 3. The molecule has 3 fully saturated rings. The molecule has 2 aliphatic carbocycles. The summed E-state index contributed by atoms with van der Waals surface area (Å²) >= 11 is 6.71. The van der Waals surface area contributed by atoms with Crippen molar-refractivity contribution in [3.8, 4) is 0 Å². The van der Waals surface area contributed by atoms with Crippen LogP contribution in [0, 0.1) is 0 Å². The monoisotopic (exact) mass is 562 g/mol. The van der Waals surface area contributed by atoms with Crippen LogP contribution in [0.5, 0.6) is 0 Å². The molecular weight excluding hydrogens is 528 g/mol. The first-order valence-corrected chi connectivity index (χ1v) is 14.8. The third-order valence-electron chi connectivity index (χ3n) is 8.97. The first-order chi connectivity index (χ1) is 19.5. The van der Waals surface area contributed by atoms with Gasteiger partial charge in [-0.15, -0.1) is 5.10 Å². The molecule has 1 aliphatic heterocycles. The third-order valence-corrected chi connectivity index (χ3v) is 9.28. The van der Waals surface area contributed by atoms with Gasteiger partial charge in [-0.05, 0) is 66.8 Å². The zero-order valence-electron chi connectivity index (χ0n) is 22.3. The number of fused-ring (bicyclic) bond motifs is 1. The highest BCUT2D eigenvalue weighted by atomic mass is 35.5. The second kappa shape index (κ2) is 10.6. The smallest absolute Gasteiger partial charge is 0.163 e. The largest absolute Gasteiger partial charge is 0.388 e. The fourth-order valence-corrected chi connectivity index (χ4v) is 6.83. The third kappa shape index (κ3) is 4.86. The average molecular weight is 563 g/mol. The molecule has 7 rings (SSSR count). The standard InChI is InChI=1S/C31H35ClN4O4/c32-23-6-3-7-25-27(23)22(14-18-8-10-19(11-9-18)20-12-13-20)15-36(25)31-30(39)29(38)28(37)26(40-31)17-35-16-24(33-34-35)21-4-1-2-5-21/h3,6-11,15-16,20-21,26,28-31,37-39H,1-2,4-5,12-14,17H2/t26-,28-,29+,30-,31-/m1/s1. The van der Waals surface area contributed by atoms with Crippen LogP contribution in [0.25, 0.3) is 10.9 Å². The van der Waals surface area contributed by atoms with Gasteiger partial charge in [0.1, 0.15) is 24.4 Å². The molecule has 0 bridgehead atoms. The number of aliphatic hydroxyl groups excluding tert-OH is 3. The van der Waals surface area contributed by atoms with E-state index in [0.717, 1.165) is 35.0 Å². The molecule has 8 nitrogen and oxygen atoms in total. The minimum Gasteiger partial charge on any atom is -0.388 e. The maximum atomic E-state index is 11.1. The van der Waals surface area contributed by atoms with Crippen LogP contribution in [0.4, 0.5) is 0 Å². The number of aromatic nitrogens is 4. The van der Waals surface area contributed by atoms with Crippen molar-refractivity contribution in [1.29, 1.82) is 0 Å². The lowest BCUT2D eigenvalue weighted by molar-refractivity contribution is -0.247. The Morgan fingerprint density at radius 3 is 2.40 bits per heavy atom. The van der Waals surface area contributed by atoms with Crippen LogP contribution >= 0.6 is 11.6 Å². The zero-order chi connectivity index (χ0) is 27.4. The number of aliphatic hydroxyl groups is 3. The second-order valence-corrected chi connectivity index (χ2v) is 12.2. The first kappa shape index (κ1) is 26.2. The van der Waals surface area contributed by atoms with E-state index in [9.17, 15) is 15.3 Å². The van der Waals surface area contributed by atoms with Crippen molar-refractivity contribution in [3.05, 3.63) is 82.3 Å². The predicted molar refractivity (Wildman–Crippen MR) is 151 cm³/mol. The molecule has 5 atom stereocenters. The molecular formula is C31H35ClN4O4. The molecule has 3 N–H and O–H groups in total.